The van der Waals surface area contributed by atoms with Crippen molar-refractivity contribution in [3.8, 4) is 11.3 Å². The van der Waals surface area contributed by atoms with Crippen molar-refractivity contribution in [3.05, 3.63) is 72.5 Å². The van der Waals surface area contributed by atoms with Gasteiger partial charge in [-0.3, -0.25) is 15.5 Å². The zero-order valence-electron chi connectivity index (χ0n) is 12.8. The van der Waals surface area contributed by atoms with E-state index in [1.807, 2.05) is 0 Å². The summed E-state index contributed by atoms with van der Waals surface area (Å²) in [6, 6.07) is 9.48. The summed E-state index contributed by atoms with van der Waals surface area (Å²) in [5.41, 5.74) is 4.53. The first-order valence-electron chi connectivity index (χ1n) is 7.08. The second kappa shape index (κ2) is 8.01. The number of rotatable bonds is 5. The van der Waals surface area contributed by atoms with Gasteiger partial charge in [0, 0.05) is 28.6 Å². The van der Waals surface area contributed by atoms with Crippen LogP contribution in [0.4, 0.5) is 10.8 Å². The van der Waals surface area contributed by atoms with Crippen LogP contribution in [0.1, 0.15) is 5.56 Å². The molecule has 0 radical (unpaired) electrons. The Kier molecular flexibility index (Phi) is 5.73. The Hall–Kier alpha value is -2.19. The highest BCUT2D eigenvalue weighted by Gasteiger charge is 2.10. The summed E-state index contributed by atoms with van der Waals surface area (Å²) in [6.45, 7) is 0. The van der Waals surface area contributed by atoms with Crippen LogP contribution in [0, 0.1) is 10.1 Å². The van der Waals surface area contributed by atoms with E-state index in [-0.39, 0.29) is 5.69 Å². The second-order valence-corrected chi connectivity index (χ2v) is 7.02. The van der Waals surface area contributed by atoms with Crippen LogP contribution in [-0.2, 0) is 0 Å². The molecule has 0 aliphatic rings. The number of non-ortho nitro benzene ring substituents is 1. The standard InChI is InChI=1S/C16H9Cl3N4O2S/c17-12-4-5-13(18)15(19)11(12)7-20-22-16-21-14(8-26-16)9-2-1-3-10(6-9)23(24)25/h1-8H,(H,21,22)/b20-7-. The highest BCUT2D eigenvalue weighted by Crippen LogP contribution is 2.30. The topological polar surface area (TPSA) is 80.4 Å². The molecule has 6 nitrogen and oxygen atoms in total. The van der Waals surface area contributed by atoms with E-state index in [4.69, 9.17) is 34.8 Å². The van der Waals surface area contributed by atoms with E-state index in [9.17, 15) is 10.1 Å². The molecule has 26 heavy (non-hydrogen) atoms. The molecule has 0 fully saturated rings. The third-order valence-electron chi connectivity index (χ3n) is 3.29. The van der Waals surface area contributed by atoms with E-state index in [0.717, 1.165) is 0 Å². The van der Waals surface area contributed by atoms with Crippen molar-refractivity contribution < 1.29 is 4.92 Å². The largest absolute Gasteiger partial charge is 0.270 e. The van der Waals surface area contributed by atoms with Crippen molar-refractivity contribution in [2.45, 2.75) is 0 Å². The Balaban J connectivity index is 1.77. The van der Waals surface area contributed by atoms with Crippen molar-refractivity contribution in [1.82, 2.24) is 4.98 Å². The van der Waals surface area contributed by atoms with Gasteiger partial charge < -0.3 is 0 Å². The Bertz CT molecular complexity index is 1010. The number of nitrogens with one attached hydrogen (secondary N) is 1. The third-order valence-corrected chi connectivity index (χ3v) is 5.19. The van der Waals surface area contributed by atoms with Gasteiger partial charge in [0.15, 0.2) is 0 Å². The molecule has 0 aliphatic carbocycles. The SMILES string of the molecule is O=[N+]([O-])c1cccc(-c2csc(N/N=C\c3c(Cl)ccc(Cl)c3Cl)n2)c1. The first-order valence-corrected chi connectivity index (χ1v) is 9.10. The number of nitro groups is 1. The highest BCUT2D eigenvalue weighted by atomic mass is 35.5. The van der Waals surface area contributed by atoms with Gasteiger partial charge in [0.05, 0.1) is 31.9 Å². The quantitative estimate of drug-likeness (QED) is 0.230. The van der Waals surface area contributed by atoms with Gasteiger partial charge in [-0.25, -0.2) is 4.98 Å². The smallest absolute Gasteiger partial charge is 0.258 e. The van der Waals surface area contributed by atoms with E-state index in [0.29, 0.717) is 37.0 Å². The summed E-state index contributed by atoms with van der Waals surface area (Å²) < 4.78 is 0. The zero-order chi connectivity index (χ0) is 18.7. The minimum absolute atomic E-state index is 0.00766. The molecule has 3 rings (SSSR count). The molecule has 0 unspecified atom stereocenters. The van der Waals surface area contributed by atoms with Crippen LogP contribution in [0.5, 0.6) is 0 Å². The number of hydrogen-bond donors (Lipinski definition) is 1. The molecule has 2 aromatic carbocycles. The zero-order valence-corrected chi connectivity index (χ0v) is 15.9. The normalized spacial score (nSPS) is 11.0. The lowest BCUT2D eigenvalue weighted by molar-refractivity contribution is -0.384. The minimum Gasteiger partial charge on any atom is -0.258 e. The van der Waals surface area contributed by atoms with Crippen LogP contribution in [0.3, 0.4) is 0 Å². The van der Waals surface area contributed by atoms with E-state index >= 15 is 0 Å². The number of aromatic nitrogens is 1. The Labute approximate surface area is 167 Å². The van der Waals surface area contributed by atoms with Crippen LogP contribution in [-0.4, -0.2) is 16.1 Å². The maximum Gasteiger partial charge on any atom is 0.270 e. The lowest BCUT2D eigenvalue weighted by Crippen LogP contribution is -1.92. The fourth-order valence-electron chi connectivity index (χ4n) is 2.05. The van der Waals surface area contributed by atoms with Crippen molar-refractivity contribution in [2.24, 2.45) is 5.10 Å². The van der Waals surface area contributed by atoms with E-state index < -0.39 is 4.92 Å². The average Bonchev–Trinajstić information content (AvgIpc) is 3.10. The van der Waals surface area contributed by atoms with Gasteiger partial charge in [-0.15, -0.1) is 11.3 Å². The summed E-state index contributed by atoms with van der Waals surface area (Å²) in [4.78, 5) is 14.8. The maximum atomic E-state index is 10.9. The summed E-state index contributed by atoms with van der Waals surface area (Å²) >= 11 is 19.4. The van der Waals surface area contributed by atoms with E-state index in [1.165, 1.54) is 29.7 Å². The summed E-state index contributed by atoms with van der Waals surface area (Å²) in [7, 11) is 0. The fraction of sp³-hybridized carbons (Fsp3) is 0. The van der Waals surface area contributed by atoms with Gasteiger partial charge in [-0.1, -0.05) is 46.9 Å². The van der Waals surface area contributed by atoms with E-state index in [2.05, 4.69) is 15.5 Å². The van der Waals surface area contributed by atoms with Gasteiger partial charge in [0.1, 0.15) is 0 Å². The van der Waals surface area contributed by atoms with Crippen LogP contribution < -0.4 is 5.43 Å². The number of benzene rings is 2. The Morgan fingerprint density at radius 3 is 2.73 bits per heavy atom. The molecule has 0 aliphatic heterocycles. The molecule has 1 aromatic heterocycles. The van der Waals surface area contributed by atoms with Gasteiger partial charge >= 0.3 is 0 Å². The summed E-state index contributed by atoms with van der Waals surface area (Å²) in [5, 5.41) is 18.3. The Morgan fingerprint density at radius 1 is 1.19 bits per heavy atom. The predicted molar refractivity (Wildman–Crippen MR) is 107 cm³/mol. The molecule has 0 atom stereocenters. The number of hydrazone groups is 1. The van der Waals surface area contributed by atoms with Crippen molar-refractivity contribution >= 4 is 63.2 Å². The third kappa shape index (κ3) is 4.13. The van der Waals surface area contributed by atoms with Gasteiger partial charge in [0.25, 0.3) is 5.69 Å². The molecule has 132 valence electrons. The molecular weight excluding hydrogens is 419 g/mol. The van der Waals surface area contributed by atoms with Crippen LogP contribution in [0.2, 0.25) is 15.1 Å². The Morgan fingerprint density at radius 2 is 1.96 bits per heavy atom. The lowest BCUT2D eigenvalue weighted by atomic mass is 10.1. The van der Waals surface area contributed by atoms with E-state index in [1.54, 1.807) is 29.6 Å². The van der Waals surface area contributed by atoms with Crippen LogP contribution >= 0.6 is 46.1 Å². The molecule has 0 bridgehead atoms. The first kappa shape index (κ1) is 18.6. The number of thiazole rings is 1. The monoisotopic (exact) mass is 426 g/mol. The first-order chi connectivity index (χ1) is 12.5. The lowest BCUT2D eigenvalue weighted by Gasteiger charge is -2.03. The number of halogens is 3. The van der Waals surface area contributed by atoms with Gasteiger partial charge in [0.2, 0.25) is 5.13 Å². The minimum atomic E-state index is -0.447. The van der Waals surface area contributed by atoms with Crippen molar-refractivity contribution in [2.75, 3.05) is 5.43 Å². The number of nitrogens with zero attached hydrogens (tertiary/aromatic N) is 3. The molecule has 0 amide bonds. The average molecular weight is 428 g/mol. The van der Waals surface area contributed by atoms with Crippen LogP contribution in [0.25, 0.3) is 11.3 Å². The maximum absolute atomic E-state index is 10.9. The summed E-state index contributed by atoms with van der Waals surface area (Å²) in [5.74, 6) is 0. The molecule has 0 saturated carbocycles. The second-order valence-electron chi connectivity index (χ2n) is 4.97. The van der Waals surface area contributed by atoms with Gasteiger partial charge in [-0.05, 0) is 12.1 Å². The molecule has 1 N–H and O–H groups in total. The predicted octanol–water partition coefficient (Wildman–Crippen LogP) is 6.12. The molecule has 1 heterocycles. The molecule has 3 aromatic rings. The molecule has 0 saturated heterocycles. The summed E-state index contributed by atoms with van der Waals surface area (Å²) in [6.07, 6.45) is 1.45. The van der Waals surface area contributed by atoms with Gasteiger partial charge in [-0.2, -0.15) is 5.10 Å². The number of hydrogen-bond acceptors (Lipinski definition) is 6. The number of anilines is 1. The van der Waals surface area contributed by atoms with Crippen molar-refractivity contribution in [1.29, 1.82) is 0 Å². The molecule has 10 heteroatoms. The fourth-order valence-corrected chi connectivity index (χ4v) is 3.35. The van der Waals surface area contributed by atoms with Crippen LogP contribution in [0.15, 0.2) is 46.9 Å². The molecule has 0 spiro atoms. The van der Waals surface area contributed by atoms with Crippen molar-refractivity contribution in [3.63, 3.8) is 0 Å². The highest BCUT2D eigenvalue weighted by molar-refractivity contribution is 7.14. The molecular formula is C16H9Cl3N4O2S. The number of nitro benzene ring substituents is 1.